The van der Waals surface area contributed by atoms with Crippen molar-refractivity contribution in [3.05, 3.63) is 23.8 Å². The van der Waals surface area contributed by atoms with Crippen LogP contribution < -0.4 is 14.8 Å². The highest BCUT2D eigenvalue weighted by molar-refractivity contribution is 5.51. The highest BCUT2D eigenvalue weighted by Gasteiger charge is 2.45. The molecule has 0 radical (unpaired) electrons. The maximum absolute atomic E-state index is 10.3. The lowest BCUT2D eigenvalue weighted by Gasteiger charge is -2.26. The second kappa shape index (κ2) is 5.02. The Labute approximate surface area is 113 Å². The standard InChI is InChI=1S/C15H21NO3/c1-18-14-12(15(17)7-8-15)5-2-6-13(14)19-11-4-3-9-16-10-11/h2,5-6,11,16-17H,3-4,7-10H2,1H3. The predicted molar refractivity (Wildman–Crippen MR) is 72.6 cm³/mol. The maximum atomic E-state index is 10.3. The van der Waals surface area contributed by atoms with Crippen molar-refractivity contribution in [2.75, 3.05) is 20.2 Å². The smallest absolute Gasteiger partial charge is 0.166 e. The Morgan fingerprint density at radius 3 is 2.84 bits per heavy atom. The van der Waals surface area contributed by atoms with E-state index in [9.17, 15) is 5.11 Å². The van der Waals surface area contributed by atoms with Crippen molar-refractivity contribution >= 4 is 0 Å². The van der Waals surface area contributed by atoms with Gasteiger partial charge >= 0.3 is 0 Å². The van der Waals surface area contributed by atoms with E-state index in [1.807, 2.05) is 18.2 Å². The average molecular weight is 263 g/mol. The number of benzene rings is 1. The molecule has 2 aliphatic rings. The van der Waals surface area contributed by atoms with Crippen molar-refractivity contribution in [3.8, 4) is 11.5 Å². The molecule has 1 atom stereocenters. The summed E-state index contributed by atoms with van der Waals surface area (Å²) in [6.07, 6.45) is 3.99. The molecule has 0 spiro atoms. The van der Waals surface area contributed by atoms with E-state index in [0.717, 1.165) is 50.1 Å². The monoisotopic (exact) mass is 263 g/mol. The van der Waals surface area contributed by atoms with E-state index in [4.69, 9.17) is 9.47 Å². The summed E-state index contributed by atoms with van der Waals surface area (Å²) in [7, 11) is 1.64. The zero-order valence-electron chi connectivity index (χ0n) is 11.3. The first kappa shape index (κ1) is 12.8. The summed E-state index contributed by atoms with van der Waals surface area (Å²) in [5.41, 5.74) is 0.159. The molecule has 19 heavy (non-hydrogen) atoms. The molecular weight excluding hydrogens is 242 g/mol. The Balaban J connectivity index is 1.83. The van der Waals surface area contributed by atoms with Crippen molar-refractivity contribution in [2.24, 2.45) is 0 Å². The molecule has 1 aliphatic carbocycles. The van der Waals surface area contributed by atoms with Gasteiger partial charge in [-0.3, -0.25) is 0 Å². The predicted octanol–water partition coefficient (Wildman–Crippen LogP) is 1.81. The minimum absolute atomic E-state index is 0.187. The Kier molecular flexibility index (Phi) is 3.37. The fourth-order valence-electron chi connectivity index (χ4n) is 2.67. The molecule has 4 nitrogen and oxygen atoms in total. The zero-order chi connectivity index (χ0) is 13.3. The van der Waals surface area contributed by atoms with Crippen molar-refractivity contribution < 1.29 is 14.6 Å². The van der Waals surface area contributed by atoms with Crippen LogP contribution in [0.2, 0.25) is 0 Å². The third-order valence-corrected chi connectivity index (χ3v) is 3.95. The molecule has 104 valence electrons. The molecule has 1 aromatic rings. The van der Waals surface area contributed by atoms with Gasteiger partial charge in [0.05, 0.1) is 12.7 Å². The molecule has 2 fully saturated rings. The molecule has 1 unspecified atom stereocenters. The summed E-state index contributed by atoms with van der Waals surface area (Å²) in [4.78, 5) is 0. The second-order valence-electron chi connectivity index (χ2n) is 5.45. The summed E-state index contributed by atoms with van der Waals surface area (Å²) >= 11 is 0. The van der Waals surface area contributed by atoms with Gasteiger partial charge in [0, 0.05) is 12.1 Å². The molecule has 2 N–H and O–H groups in total. The zero-order valence-corrected chi connectivity index (χ0v) is 11.3. The quantitative estimate of drug-likeness (QED) is 0.870. The highest BCUT2D eigenvalue weighted by atomic mass is 16.5. The Hall–Kier alpha value is -1.26. The van der Waals surface area contributed by atoms with Crippen LogP contribution in [0.4, 0.5) is 0 Å². The van der Waals surface area contributed by atoms with Crippen LogP contribution in [0.25, 0.3) is 0 Å². The largest absolute Gasteiger partial charge is 0.492 e. The number of piperidine rings is 1. The fourth-order valence-corrected chi connectivity index (χ4v) is 2.67. The van der Waals surface area contributed by atoms with Crippen LogP contribution in [-0.2, 0) is 5.60 Å². The van der Waals surface area contributed by atoms with Crippen LogP contribution in [0.15, 0.2) is 18.2 Å². The number of aliphatic hydroxyl groups is 1. The van der Waals surface area contributed by atoms with Gasteiger partial charge in [0.25, 0.3) is 0 Å². The minimum atomic E-state index is -0.699. The minimum Gasteiger partial charge on any atom is -0.492 e. The molecule has 3 rings (SSSR count). The topological polar surface area (TPSA) is 50.7 Å². The molecule has 0 aromatic heterocycles. The lowest BCUT2D eigenvalue weighted by molar-refractivity contribution is 0.140. The molecule has 1 heterocycles. The molecule has 4 heteroatoms. The van der Waals surface area contributed by atoms with Gasteiger partial charge in [0.2, 0.25) is 0 Å². The van der Waals surface area contributed by atoms with Crippen molar-refractivity contribution in [3.63, 3.8) is 0 Å². The molecule has 1 saturated carbocycles. The van der Waals surface area contributed by atoms with E-state index in [2.05, 4.69) is 5.32 Å². The van der Waals surface area contributed by atoms with Gasteiger partial charge in [-0.05, 0) is 38.3 Å². The third kappa shape index (κ3) is 2.55. The molecule has 1 saturated heterocycles. The van der Waals surface area contributed by atoms with Crippen LogP contribution in [0.3, 0.4) is 0 Å². The molecular formula is C15H21NO3. The van der Waals surface area contributed by atoms with Gasteiger partial charge in [0.1, 0.15) is 6.10 Å². The number of para-hydroxylation sites is 1. The number of rotatable bonds is 4. The summed E-state index contributed by atoms with van der Waals surface area (Å²) in [6, 6.07) is 5.78. The number of ether oxygens (including phenoxy) is 2. The van der Waals surface area contributed by atoms with Gasteiger partial charge in [-0.1, -0.05) is 12.1 Å². The maximum Gasteiger partial charge on any atom is 0.166 e. The summed E-state index contributed by atoms with van der Waals surface area (Å²) in [5.74, 6) is 1.43. The van der Waals surface area contributed by atoms with Gasteiger partial charge in [-0.2, -0.15) is 0 Å². The van der Waals surface area contributed by atoms with Crippen LogP contribution in [0, 0.1) is 0 Å². The van der Waals surface area contributed by atoms with Crippen LogP contribution in [0.1, 0.15) is 31.2 Å². The molecule has 1 aromatic carbocycles. The van der Waals surface area contributed by atoms with E-state index in [1.165, 1.54) is 0 Å². The van der Waals surface area contributed by atoms with Crippen LogP contribution >= 0.6 is 0 Å². The van der Waals surface area contributed by atoms with E-state index < -0.39 is 5.60 Å². The molecule has 0 bridgehead atoms. The Bertz CT molecular complexity index is 451. The normalized spacial score (nSPS) is 24.8. The summed E-state index contributed by atoms with van der Waals surface area (Å²) in [5, 5.41) is 13.6. The third-order valence-electron chi connectivity index (χ3n) is 3.95. The average Bonchev–Trinajstić information content (AvgIpc) is 3.19. The molecule has 1 aliphatic heterocycles. The number of hydrogen-bond donors (Lipinski definition) is 2. The fraction of sp³-hybridized carbons (Fsp3) is 0.600. The van der Waals surface area contributed by atoms with E-state index in [-0.39, 0.29) is 6.10 Å². The number of hydrogen-bond acceptors (Lipinski definition) is 4. The first-order valence-corrected chi connectivity index (χ1v) is 7.00. The van der Waals surface area contributed by atoms with Crippen molar-refractivity contribution in [1.82, 2.24) is 5.32 Å². The Morgan fingerprint density at radius 1 is 1.37 bits per heavy atom. The van der Waals surface area contributed by atoms with Crippen LogP contribution in [-0.4, -0.2) is 31.4 Å². The van der Waals surface area contributed by atoms with E-state index in [0.29, 0.717) is 5.75 Å². The lowest BCUT2D eigenvalue weighted by atomic mass is 10.1. The van der Waals surface area contributed by atoms with E-state index in [1.54, 1.807) is 7.11 Å². The number of nitrogens with one attached hydrogen (secondary N) is 1. The highest BCUT2D eigenvalue weighted by Crippen LogP contribution is 2.51. The van der Waals surface area contributed by atoms with Crippen molar-refractivity contribution in [1.29, 1.82) is 0 Å². The van der Waals surface area contributed by atoms with Gasteiger partial charge < -0.3 is 19.9 Å². The first-order valence-electron chi connectivity index (χ1n) is 7.00. The molecule has 0 amide bonds. The first-order chi connectivity index (χ1) is 9.23. The summed E-state index contributed by atoms with van der Waals surface area (Å²) in [6.45, 7) is 1.94. The SMILES string of the molecule is COc1c(OC2CCCNC2)cccc1C1(O)CC1. The number of methoxy groups -OCH3 is 1. The van der Waals surface area contributed by atoms with Gasteiger partial charge in [0.15, 0.2) is 11.5 Å². The van der Waals surface area contributed by atoms with E-state index >= 15 is 0 Å². The van der Waals surface area contributed by atoms with Crippen LogP contribution in [0.5, 0.6) is 11.5 Å². The Morgan fingerprint density at radius 2 is 2.21 bits per heavy atom. The lowest BCUT2D eigenvalue weighted by Crippen LogP contribution is -2.37. The van der Waals surface area contributed by atoms with Gasteiger partial charge in [-0.15, -0.1) is 0 Å². The van der Waals surface area contributed by atoms with Crippen molar-refractivity contribution in [2.45, 2.75) is 37.4 Å². The summed E-state index contributed by atoms with van der Waals surface area (Å²) < 4.78 is 11.5. The van der Waals surface area contributed by atoms with Gasteiger partial charge in [-0.25, -0.2) is 0 Å². The second-order valence-corrected chi connectivity index (χ2v) is 5.45.